The topological polar surface area (TPSA) is 72.8 Å². The minimum Gasteiger partial charge on any atom is -0.493 e. The average molecular weight is 327 g/mol. The van der Waals surface area contributed by atoms with E-state index in [0.29, 0.717) is 22.9 Å². The lowest BCUT2D eigenvalue weighted by atomic mass is 10.1. The first-order valence-corrected chi connectivity index (χ1v) is 7.61. The summed E-state index contributed by atoms with van der Waals surface area (Å²) in [6, 6.07) is 9.01. The maximum absolute atomic E-state index is 12.1. The van der Waals surface area contributed by atoms with E-state index in [1.165, 1.54) is 0 Å². The van der Waals surface area contributed by atoms with E-state index in [1.54, 1.807) is 45.5 Å². The number of hydrogen-bond acceptors (Lipinski definition) is 5. The van der Waals surface area contributed by atoms with Crippen molar-refractivity contribution in [3.63, 3.8) is 0 Å². The number of benzene rings is 1. The predicted octanol–water partition coefficient (Wildman–Crippen LogP) is 2.82. The Labute approximate surface area is 141 Å². The van der Waals surface area contributed by atoms with Crippen molar-refractivity contribution in [1.82, 2.24) is 10.4 Å². The Morgan fingerprint density at radius 2 is 1.92 bits per heavy atom. The van der Waals surface area contributed by atoms with E-state index in [1.807, 2.05) is 19.1 Å². The number of ether oxygens (including phenoxy) is 2. The van der Waals surface area contributed by atoms with Gasteiger partial charge < -0.3 is 9.47 Å². The van der Waals surface area contributed by atoms with Gasteiger partial charge in [-0.2, -0.15) is 5.10 Å². The fraction of sp³-hybridized carbons (Fsp3) is 0.278. The van der Waals surface area contributed by atoms with Gasteiger partial charge in [0.1, 0.15) is 5.69 Å². The molecule has 0 aliphatic rings. The van der Waals surface area contributed by atoms with Crippen molar-refractivity contribution in [3.05, 3.63) is 53.3 Å². The SMILES string of the molecule is CCc1ccc(C(=O)N/N=C(/C)c2ccc(OC)c(OC)c2)nc1. The average Bonchev–Trinajstić information content (AvgIpc) is 2.65. The molecule has 6 nitrogen and oxygen atoms in total. The van der Waals surface area contributed by atoms with Crippen molar-refractivity contribution in [3.8, 4) is 11.5 Å². The number of methoxy groups -OCH3 is 2. The molecule has 2 rings (SSSR count). The first-order valence-electron chi connectivity index (χ1n) is 7.61. The van der Waals surface area contributed by atoms with Crippen LogP contribution >= 0.6 is 0 Å². The van der Waals surface area contributed by atoms with Crippen molar-refractivity contribution in [1.29, 1.82) is 0 Å². The Balaban J connectivity index is 2.11. The van der Waals surface area contributed by atoms with Crippen molar-refractivity contribution in [2.75, 3.05) is 14.2 Å². The lowest BCUT2D eigenvalue weighted by molar-refractivity contribution is 0.0950. The Bertz CT molecular complexity index is 740. The second-order valence-corrected chi connectivity index (χ2v) is 5.11. The molecule has 1 amide bonds. The highest BCUT2D eigenvalue weighted by Gasteiger charge is 2.09. The number of hydrogen-bond donors (Lipinski definition) is 1. The molecule has 0 saturated carbocycles. The number of rotatable bonds is 6. The van der Waals surface area contributed by atoms with E-state index in [2.05, 4.69) is 15.5 Å². The molecule has 0 radical (unpaired) electrons. The van der Waals surface area contributed by atoms with Crippen molar-refractivity contribution in [2.24, 2.45) is 5.10 Å². The van der Waals surface area contributed by atoms with Crippen LogP contribution in [-0.4, -0.2) is 30.8 Å². The number of nitrogens with one attached hydrogen (secondary N) is 1. The second-order valence-electron chi connectivity index (χ2n) is 5.11. The lowest BCUT2D eigenvalue weighted by Gasteiger charge is -2.09. The zero-order valence-electron chi connectivity index (χ0n) is 14.3. The summed E-state index contributed by atoms with van der Waals surface area (Å²) >= 11 is 0. The van der Waals surface area contributed by atoms with Crippen molar-refractivity contribution >= 4 is 11.6 Å². The van der Waals surface area contributed by atoms with Gasteiger partial charge in [0, 0.05) is 11.8 Å². The van der Waals surface area contributed by atoms with Crippen LogP contribution in [0.25, 0.3) is 0 Å². The summed E-state index contributed by atoms with van der Waals surface area (Å²) in [5, 5.41) is 4.12. The summed E-state index contributed by atoms with van der Waals surface area (Å²) in [6.07, 6.45) is 2.57. The van der Waals surface area contributed by atoms with Gasteiger partial charge in [0.25, 0.3) is 5.91 Å². The number of carbonyl (C=O) groups is 1. The van der Waals surface area contributed by atoms with Gasteiger partial charge in [0.05, 0.1) is 19.9 Å². The van der Waals surface area contributed by atoms with Crippen LogP contribution in [0.3, 0.4) is 0 Å². The molecule has 0 spiro atoms. The van der Waals surface area contributed by atoms with E-state index in [4.69, 9.17) is 9.47 Å². The minimum absolute atomic E-state index is 0.330. The summed E-state index contributed by atoms with van der Waals surface area (Å²) in [5.74, 6) is 0.892. The smallest absolute Gasteiger partial charge is 0.289 e. The largest absolute Gasteiger partial charge is 0.493 e. The maximum atomic E-state index is 12.1. The molecule has 1 aromatic heterocycles. The van der Waals surface area contributed by atoms with E-state index < -0.39 is 0 Å². The highest BCUT2D eigenvalue weighted by Crippen LogP contribution is 2.27. The fourth-order valence-corrected chi connectivity index (χ4v) is 2.09. The predicted molar refractivity (Wildman–Crippen MR) is 92.8 cm³/mol. The van der Waals surface area contributed by atoms with Crippen LogP contribution in [0, 0.1) is 0 Å². The quantitative estimate of drug-likeness (QED) is 0.654. The molecule has 0 fully saturated rings. The number of pyridine rings is 1. The Morgan fingerprint density at radius 3 is 2.50 bits per heavy atom. The molecule has 0 aliphatic heterocycles. The summed E-state index contributed by atoms with van der Waals surface area (Å²) in [4.78, 5) is 16.2. The molecular formula is C18H21N3O3. The molecule has 0 atom stereocenters. The number of aryl methyl sites for hydroxylation is 1. The first kappa shape index (κ1) is 17.5. The fourth-order valence-electron chi connectivity index (χ4n) is 2.09. The van der Waals surface area contributed by atoms with Crippen LogP contribution in [0.2, 0.25) is 0 Å². The van der Waals surface area contributed by atoms with Crippen molar-refractivity contribution in [2.45, 2.75) is 20.3 Å². The van der Waals surface area contributed by atoms with E-state index in [9.17, 15) is 4.79 Å². The van der Waals surface area contributed by atoms with Gasteiger partial charge in [-0.3, -0.25) is 9.78 Å². The third-order valence-electron chi connectivity index (χ3n) is 3.59. The van der Waals surface area contributed by atoms with E-state index in [-0.39, 0.29) is 5.91 Å². The van der Waals surface area contributed by atoms with E-state index in [0.717, 1.165) is 17.5 Å². The van der Waals surface area contributed by atoms with Crippen LogP contribution in [0.1, 0.15) is 35.5 Å². The minimum atomic E-state index is -0.350. The van der Waals surface area contributed by atoms with Crippen LogP contribution in [-0.2, 0) is 6.42 Å². The molecule has 1 aromatic carbocycles. The third kappa shape index (κ3) is 4.10. The summed E-state index contributed by atoms with van der Waals surface area (Å²) in [7, 11) is 3.15. The van der Waals surface area contributed by atoms with Crippen LogP contribution in [0.4, 0.5) is 0 Å². The summed E-state index contributed by atoms with van der Waals surface area (Å²) in [6.45, 7) is 3.84. The van der Waals surface area contributed by atoms with Gasteiger partial charge >= 0.3 is 0 Å². The van der Waals surface area contributed by atoms with Gasteiger partial charge in [-0.25, -0.2) is 5.43 Å². The highest BCUT2D eigenvalue weighted by molar-refractivity contribution is 6.00. The maximum Gasteiger partial charge on any atom is 0.289 e. The number of amides is 1. The van der Waals surface area contributed by atoms with Crippen molar-refractivity contribution < 1.29 is 14.3 Å². The molecule has 126 valence electrons. The highest BCUT2D eigenvalue weighted by atomic mass is 16.5. The molecule has 1 heterocycles. The summed E-state index contributed by atoms with van der Waals surface area (Å²) < 4.78 is 10.5. The summed E-state index contributed by atoms with van der Waals surface area (Å²) in [5.41, 5.74) is 5.39. The molecule has 1 N–H and O–H groups in total. The van der Waals surface area contributed by atoms with Gasteiger partial charge in [0.2, 0.25) is 0 Å². The Hall–Kier alpha value is -2.89. The van der Waals surface area contributed by atoms with Gasteiger partial charge in [-0.05, 0) is 43.2 Å². The monoisotopic (exact) mass is 327 g/mol. The molecule has 0 saturated heterocycles. The number of hydrazone groups is 1. The van der Waals surface area contributed by atoms with Gasteiger partial charge in [-0.1, -0.05) is 13.0 Å². The van der Waals surface area contributed by atoms with Crippen LogP contribution in [0.15, 0.2) is 41.6 Å². The molecule has 24 heavy (non-hydrogen) atoms. The standard InChI is InChI=1S/C18H21N3O3/c1-5-13-6-8-15(19-11-13)18(22)21-20-12(2)14-7-9-16(23-3)17(10-14)24-4/h6-11H,5H2,1-4H3,(H,21,22)/b20-12-. The van der Waals surface area contributed by atoms with E-state index >= 15 is 0 Å². The van der Waals surface area contributed by atoms with Crippen LogP contribution in [0.5, 0.6) is 11.5 Å². The molecule has 2 aromatic rings. The van der Waals surface area contributed by atoms with Gasteiger partial charge in [0.15, 0.2) is 11.5 Å². The Kier molecular flexibility index (Phi) is 5.89. The Morgan fingerprint density at radius 1 is 1.17 bits per heavy atom. The third-order valence-corrected chi connectivity index (χ3v) is 3.59. The molecule has 6 heteroatoms. The molecule has 0 bridgehead atoms. The molecule has 0 aliphatic carbocycles. The normalized spacial score (nSPS) is 11.1. The lowest BCUT2D eigenvalue weighted by Crippen LogP contribution is -2.20. The number of nitrogens with zero attached hydrogens (tertiary/aromatic N) is 2. The number of carbonyl (C=O) groups excluding carboxylic acids is 1. The van der Waals surface area contributed by atoms with Crippen LogP contribution < -0.4 is 14.9 Å². The zero-order valence-corrected chi connectivity index (χ0v) is 14.3. The van der Waals surface area contributed by atoms with Gasteiger partial charge in [-0.15, -0.1) is 0 Å². The molecular weight excluding hydrogens is 306 g/mol. The first-order chi connectivity index (χ1) is 11.6. The number of aromatic nitrogens is 1. The zero-order chi connectivity index (χ0) is 17.5. The molecule has 0 unspecified atom stereocenters. The second kappa shape index (κ2) is 8.10.